The number of esters is 1. The van der Waals surface area contributed by atoms with E-state index in [1.165, 1.54) is 13.2 Å². The molecule has 1 aromatic carbocycles. The minimum absolute atomic E-state index is 0.0112. The number of carbonyl (C=O) groups excluding carboxylic acids is 1. The van der Waals surface area contributed by atoms with E-state index in [0.717, 1.165) is 11.8 Å². The van der Waals surface area contributed by atoms with Crippen LogP contribution in [0, 0.1) is 10.1 Å². The van der Waals surface area contributed by atoms with Crippen LogP contribution in [-0.2, 0) is 9.53 Å². The van der Waals surface area contributed by atoms with Crippen molar-refractivity contribution in [3.63, 3.8) is 0 Å². The first kappa shape index (κ1) is 13.3. The number of hydrogen-bond acceptors (Lipinski definition) is 6. The molecule has 0 radical (unpaired) electrons. The van der Waals surface area contributed by atoms with Crippen LogP contribution in [0.1, 0.15) is 0 Å². The number of ether oxygens (including phenoxy) is 1. The summed E-state index contributed by atoms with van der Waals surface area (Å²) in [4.78, 5) is 25.8. The molecule has 1 aromatic heterocycles. The lowest BCUT2D eigenvalue weighted by molar-refractivity contribution is -0.388. The van der Waals surface area contributed by atoms with Gasteiger partial charge in [0.05, 0.1) is 23.3 Å². The van der Waals surface area contributed by atoms with Crippen LogP contribution in [0.4, 0.5) is 5.69 Å². The average molecular weight is 278 g/mol. The Morgan fingerprint density at radius 2 is 2.21 bits per heavy atom. The van der Waals surface area contributed by atoms with Gasteiger partial charge in [0.2, 0.25) is 0 Å². The number of aromatic nitrogens is 1. The predicted octanol–water partition coefficient (Wildman–Crippen LogP) is 2.41. The molecular weight excluding hydrogens is 268 g/mol. The number of nitrogens with zero attached hydrogens (tertiary/aromatic N) is 2. The van der Waals surface area contributed by atoms with E-state index in [1.54, 1.807) is 24.3 Å². The number of para-hydroxylation sites is 1. The van der Waals surface area contributed by atoms with Crippen LogP contribution in [-0.4, -0.2) is 28.7 Å². The van der Waals surface area contributed by atoms with Gasteiger partial charge in [-0.3, -0.25) is 14.9 Å². The van der Waals surface area contributed by atoms with Crippen LogP contribution in [0.3, 0.4) is 0 Å². The fraction of sp³-hybridized carbons (Fsp3) is 0.167. The monoisotopic (exact) mass is 278 g/mol. The lowest BCUT2D eigenvalue weighted by Gasteiger charge is -2.03. The Hall–Kier alpha value is -2.15. The second-order valence-corrected chi connectivity index (χ2v) is 4.59. The molecular formula is C12H10N2O4S. The number of hydrogen-bond donors (Lipinski definition) is 0. The Balaban J connectivity index is 2.42. The highest BCUT2D eigenvalue weighted by Gasteiger charge is 2.18. The number of nitro groups is 1. The molecule has 0 spiro atoms. The Morgan fingerprint density at radius 1 is 1.47 bits per heavy atom. The van der Waals surface area contributed by atoms with Gasteiger partial charge in [-0.05, 0) is 6.07 Å². The van der Waals surface area contributed by atoms with Crippen molar-refractivity contribution >= 4 is 34.3 Å². The van der Waals surface area contributed by atoms with Crippen LogP contribution in [0.15, 0.2) is 35.4 Å². The van der Waals surface area contributed by atoms with Crippen LogP contribution in [0.5, 0.6) is 0 Å². The highest BCUT2D eigenvalue weighted by Crippen LogP contribution is 2.30. The maximum atomic E-state index is 11.1. The molecule has 0 unspecified atom stereocenters. The number of pyridine rings is 1. The topological polar surface area (TPSA) is 82.3 Å². The molecule has 0 amide bonds. The Labute approximate surface area is 112 Å². The van der Waals surface area contributed by atoms with E-state index in [9.17, 15) is 14.9 Å². The summed E-state index contributed by atoms with van der Waals surface area (Å²) in [7, 11) is 1.27. The number of methoxy groups -OCH3 is 1. The molecule has 0 atom stereocenters. The number of benzene rings is 1. The minimum atomic E-state index is -0.501. The van der Waals surface area contributed by atoms with Crippen molar-refractivity contribution in [2.45, 2.75) is 5.03 Å². The summed E-state index contributed by atoms with van der Waals surface area (Å²) in [5.74, 6) is -0.461. The van der Waals surface area contributed by atoms with Crippen molar-refractivity contribution in [3.8, 4) is 0 Å². The molecule has 19 heavy (non-hydrogen) atoms. The molecule has 2 aromatic rings. The van der Waals surface area contributed by atoms with Crippen molar-refractivity contribution in [2.24, 2.45) is 0 Å². The molecule has 0 aliphatic carbocycles. The van der Waals surface area contributed by atoms with Crippen LogP contribution in [0.2, 0.25) is 0 Å². The predicted molar refractivity (Wildman–Crippen MR) is 71.1 cm³/mol. The number of rotatable bonds is 4. The summed E-state index contributed by atoms with van der Waals surface area (Å²) in [5, 5.41) is 11.9. The minimum Gasteiger partial charge on any atom is -0.468 e. The summed E-state index contributed by atoms with van der Waals surface area (Å²) in [6, 6.07) is 8.57. The zero-order chi connectivity index (χ0) is 13.8. The van der Waals surface area contributed by atoms with Crippen molar-refractivity contribution in [2.75, 3.05) is 12.9 Å². The molecule has 0 N–H and O–H groups in total. The second kappa shape index (κ2) is 5.66. The smallest absolute Gasteiger partial charge is 0.316 e. The maximum Gasteiger partial charge on any atom is 0.316 e. The zero-order valence-electron chi connectivity index (χ0n) is 10.0. The molecule has 0 saturated carbocycles. The van der Waals surface area contributed by atoms with Gasteiger partial charge in [-0.25, -0.2) is 4.98 Å². The van der Waals surface area contributed by atoms with E-state index in [4.69, 9.17) is 0 Å². The maximum absolute atomic E-state index is 11.1. The highest BCUT2D eigenvalue weighted by atomic mass is 32.2. The quantitative estimate of drug-likeness (QED) is 0.369. The third-order valence-electron chi connectivity index (χ3n) is 2.42. The number of thioether (sulfide) groups is 1. The van der Waals surface area contributed by atoms with E-state index >= 15 is 0 Å². The molecule has 2 rings (SSSR count). The molecule has 0 aliphatic heterocycles. The fourth-order valence-electron chi connectivity index (χ4n) is 1.51. The third kappa shape index (κ3) is 3.00. The Morgan fingerprint density at radius 3 is 2.89 bits per heavy atom. The largest absolute Gasteiger partial charge is 0.468 e. The first-order valence-electron chi connectivity index (χ1n) is 5.35. The Bertz CT molecular complexity index is 645. The molecule has 7 heteroatoms. The van der Waals surface area contributed by atoms with Gasteiger partial charge >= 0.3 is 11.7 Å². The summed E-state index contributed by atoms with van der Waals surface area (Å²) in [6.45, 7) is 0. The molecule has 0 saturated heterocycles. The summed E-state index contributed by atoms with van der Waals surface area (Å²) in [6.07, 6.45) is 0. The van der Waals surface area contributed by atoms with Gasteiger partial charge in [-0.1, -0.05) is 30.0 Å². The van der Waals surface area contributed by atoms with Gasteiger partial charge in [0.1, 0.15) is 0 Å². The number of fused-ring (bicyclic) bond motifs is 1. The number of carbonyl (C=O) groups is 1. The second-order valence-electron chi connectivity index (χ2n) is 3.63. The van der Waals surface area contributed by atoms with Crippen LogP contribution in [0.25, 0.3) is 10.9 Å². The molecule has 0 fully saturated rings. The van der Waals surface area contributed by atoms with Crippen molar-refractivity contribution < 1.29 is 14.5 Å². The highest BCUT2D eigenvalue weighted by molar-refractivity contribution is 8.00. The lowest BCUT2D eigenvalue weighted by atomic mass is 10.2. The molecule has 0 aliphatic rings. The average Bonchev–Trinajstić information content (AvgIpc) is 2.43. The molecule has 6 nitrogen and oxygen atoms in total. The summed E-state index contributed by atoms with van der Waals surface area (Å²) >= 11 is 0.996. The van der Waals surface area contributed by atoms with Gasteiger partial charge in [-0.2, -0.15) is 0 Å². The molecule has 98 valence electrons. The van der Waals surface area contributed by atoms with E-state index in [1.807, 2.05) is 0 Å². The normalized spacial score (nSPS) is 10.4. The van der Waals surface area contributed by atoms with Gasteiger partial charge < -0.3 is 4.74 Å². The molecule has 1 heterocycles. The van der Waals surface area contributed by atoms with Gasteiger partial charge in [0.15, 0.2) is 5.03 Å². The zero-order valence-corrected chi connectivity index (χ0v) is 10.8. The van der Waals surface area contributed by atoms with E-state index < -0.39 is 10.9 Å². The lowest BCUT2D eigenvalue weighted by Crippen LogP contribution is -2.04. The first-order valence-corrected chi connectivity index (χ1v) is 6.34. The van der Waals surface area contributed by atoms with Crippen LogP contribution < -0.4 is 0 Å². The standard InChI is InChI=1S/C12H10N2O4S/c1-18-11(15)7-19-12-10(14(16)17)6-8-4-2-3-5-9(8)13-12/h2-6H,7H2,1H3. The van der Waals surface area contributed by atoms with E-state index in [-0.39, 0.29) is 16.5 Å². The SMILES string of the molecule is COC(=O)CSc1nc2ccccc2cc1[N+](=O)[O-]. The van der Waals surface area contributed by atoms with E-state index in [0.29, 0.717) is 10.9 Å². The van der Waals surface area contributed by atoms with Crippen LogP contribution >= 0.6 is 11.8 Å². The fourth-order valence-corrected chi connectivity index (χ4v) is 2.33. The Kier molecular flexibility index (Phi) is 3.96. The third-order valence-corrected chi connectivity index (χ3v) is 3.38. The summed E-state index contributed by atoms with van der Waals surface area (Å²) < 4.78 is 4.50. The van der Waals surface area contributed by atoms with Gasteiger partial charge in [0.25, 0.3) is 0 Å². The van der Waals surface area contributed by atoms with Crippen molar-refractivity contribution in [3.05, 3.63) is 40.4 Å². The summed E-state index contributed by atoms with van der Waals surface area (Å²) in [5.41, 5.74) is 0.549. The van der Waals surface area contributed by atoms with Gasteiger partial charge in [0, 0.05) is 11.5 Å². The molecule has 0 bridgehead atoms. The van der Waals surface area contributed by atoms with Crippen molar-refractivity contribution in [1.29, 1.82) is 0 Å². The first-order chi connectivity index (χ1) is 9.11. The van der Waals surface area contributed by atoms with Crippen molar-refractivity contribution in [1.82, 2.24) is 4.98 Å². The van der Waals surface area contributed by atoms with E-state index in [2.05, 4.69) is 9.72 Å². The van der Waals surface area contributed by atoms with Gasteiger partial charge in [-0.15, -0.1) is 0 Å².